The summed E-state index contributed by atoms with van der Waals surface area (Å²) in [6.45, 7) is 1.36. The molecule has 0 aromatic heterocycles. The Morgan fingerprint density at radius 3 is 2.85 bits per heavy atom. The summed E-state index contributed by atoms with van der Waals surface area (Å²) < 4.78 is 11.3. The fourth-order valence-electron chi connectivity index (χ4n) is 4.50. The van der Waals surface area contributed by atoms with Gasteiger partial charge >= 0.3 is 11.9 Å². The number of esters is 2. The van der Waals surface area contributed by atoms with Gasteiger partial charge in [0.05, 0.1) is 21.7 Å². The number of nitrogens with one attached hydrogen (secondary N) is 1. The molecule has 1 aromatic rings. The summed E-state index contributed by atoms with van der Waals surface area (Å²) >= 11 is 13.0. The van der Waals surface area contributed by atoms with Gasteiger partial charge in [-0.15, -0.1) is 0 Å². The Morgan fingerprint density at radius 2 is 2.11 bits per heavy atom. The molecule has 27 heavy (non-hydrogen) atoms. The van der Waals surface area contributed by atoms with Gasteiger partial charge in [-0.25, -0.2) is 0 Å². The van der Waals surface area contributed by atoms with Crippen molar-refractivity contribution in [2.45, 2.75) is 24.3 Å². The molecule has 9 heteroatoms. The lowest BCUT2D eigenvalue weighted by atomic mass is 9.80. The molecule has 0 spiro atoms. The smallest absolute Gasteiger partial charge is 0.310 e. The first-order valence-corrected chi connectivity index (χ1v) is 10.6. The van der Waals surface area contributed by atoms with Crippen molar-refractivity contribution >= 4 is 67.0 Å². The fourth-order valence-corrected chi connectivity index (χ4v) is 6.14. The zero-order valence-electron chi connectivity index (χ0n) is 14.2. The summed E-state index contributed by atoms with van der Waals surface area (Å²) in [5.41, 5.74) is 1.26. The molecule has 2 aliphatic carbocycles. The molecular weight excluding hydrogens is 505 g/mol. The van der Waals surface area contributed by atoms with Crippen LogP contribution < -0.4 is 5.32 Å². The third-order valence-corrected chi connectivity index (χ3v) is 8.33. The van der Waals surface area contributed by atoms with E-state index in [1.54, 1.807) is 19.1 Å². The molecule has 1 saturated heterocycles. The van der Waals surface area contributed by atoms with Gasteiger partial charge in [0, 0.05) is 16.1 Å². The van der Waals surface area contributed by atoms with Crippen LogP contribution in [-0.2, 0) is 23.9 Å². The maximum Gasteiger partial charge on any atom is 0.310 e. The molecule has 3 aliphatic rings. The highest BCUT2D eigenvalue weighted by Gasteiger charge is 2.68. The molecule has 0 unspecified atom stereocenters. The van der Waals surface area contributed by atoms with E-state index < -0.39 is 30.3 Å². The number of amides is 1. The lowest BCUT2D eigenvalue weighted by Gasteiger charge is -2.26. The van der Waals surface area contributed by atoms with Crippen molar-refractivity contribution in [3.05, 3.63) is 27.2 Å². The maximum atomic E-state index is 12.6. The third kappa shape index (κ3) is 3.09. The topological polar surface area (TPSA) is 81.7 Å². The van der Waals surface area contributed by atoms with E-state index in [0.29, 0.717) is 16.3 Å². The number of anilines is 1. The van der Waals surface area contributed by atoms with Crippen molar-refractivity contribution in [1.29, 1.82) is 0 Å². The van der Waals surface area contributed by atoms with E-state index in [9.17, 15) is 14.4 Å². The van der Waals surface area contributed by atoms with Crippen LogP contribution in [0.15, 0.2) is 16.6 Å². The largest absolute Gasteiger partial charge is 0.461 e. The number of carbonyl (C=O) groups is 3. The second-order valence-corrected chi connectivity index (χ2v) is 9.44. The van der Waals surface area contributed by atoms with Gasteiger partial charge < -0.3 is 14.8 Å². The van der Waals surface area contributed by atoms with Crippen molar-refractivity contribution in [3.63, 3.8) is 0 Å². The second-order valence-electron chi connectivity index (χ2n) is 7.15. The van der Waals surface area contributed by atoms with Gasteiger partial charge in [0.15, 0.2) is 6.61 Å². The molecule has 2 bridgehead atoms. The monoisotopic (exact) mass is 519 g/mol. The van der Waals surface area contributed by atoms with E-state index >= 15 is 0 Å². The van der Waals surface area contributed by atoms with Crippen molar-refractivity contribution in [3.8, 4) is 0 Å². The van der Waals surface area contributed by atoms with E-state index in [1.165, 1.54) is 0 Å². The number of alkyl halides is 1. The molecule has 1 aliphatic heterocycles. The van der Waals surface area contributed by atoms with Gasteiger partial charge in [-0.2, -0.15) is 0 Å². The predicted molar refractivity (Wildman–Crippen MR) is 105 cm³/mol. The summed E-state index contributed by atoms with van der Waals surface area (Å²) in [6.07, 6.45) is 0.615. The number of hydrogen-bond donors (Lipinski definition) is 1. The standard InChI is InChI=1S/C18H16Br2ClNO5/c1-6-10(3-2-9(19)15(6)21)22-11(23)5-26-17(24)12-7-4-8-13(12)18(25)27-16(8)14(7)20/h2-3,7-8,12-14,16H,4-5H2,1H3,(H,22,23)/t7-,8-,12-,13-,14-,16+/m1/s1. The first-order chi connectivity index (χ1) is 12.8. The average Bonchev–Trinajstić information content (AvgIpc) is 3.24. The number of carbonyl (C=O) groups excluding carboxylic acids is 3. The van der Waals surface area contributed by atoms with Gasteiger partial charge in [-0.1, -0.05) is 27.5 Å². The molecule has 1 amide bonds. The SMILES string of the molecule is Cc1c(NC(=O)COC(=O)[C@@H]2[C@H]3C[C@H]4[C@H](OC(=O)[C@H]42)[C@@H]3Br)ccc(Br)c1Cl. The molecule has 1 N–H and O–H groups in total. The quantitative estimate of drug-likeness (QED) is 0.485. The molecule has 6 atom stereocenters. The number of benzene rings is 1. The lowest BCUT2D eigenvalue weighted by molar-refractivity contribution is -0.157. The molecular formula is C18H16Br2ClNO5. The molecule has 6 nitrogen and oxygen atoms in total. The first-order valence-electron chi connectivity index (χ1n) is 8.55. The zero-order chi connectivity index (χ0) is 19.5. The second kappa shape index (κ2) is 7.04. The Bertz CT molecular complexity index is 847. The van der Waals surface area contributed by atoms with Gasteiger partial charge in [0.2, 0.25) is 0 Å². The average molecular weight is 522 g/mol. The minimum absolute atomic E-state index is 0.000430. The van der Waals surface area contributed by atoms with Crippen LogP contribution in [0, 0.1) is 30.6 Å². The summed E-state index contributed by atoms with van der Waals surface area (Å²) in [5, 5.41) is 3.19. The van der Waals surface area contributed by atoms with Gasteiger partial charge in [0.1, 0.15) is 6.10 Å². The van der Waals surface area contributed by atoms with E-state index in [1.807, 2.05) is 0 Å². The molecule has 1 aromatic carbocycles. The number of halogens is 3. The maximum absolute atomic E-state index is 12.6. The lowest BCUT2D eigenvalue weighted by Crippen LogP contribution is -2.39. The Balaban J connectivity index is 1.38. The number of fused-ring (bicyclic) bond motifs is 1. The van der Waals surface area contributed by atoms with Crippen LogP contribution in [0.25, 0.3) is 0 Å². The van der Waals surface area contributed by atoms with Crippen molar-refractivity contribution in [2.24, 2.45) is 23.7 Å². The highest BCUT2D eigenvalue weighted by Crippen LogP contribution is 2.60. The van der Waals surface area contributed by atoms with Crippen LogP contribution in [0.1, 0.15) is 12.0 Å². The molecule has 1 heterocycles. The van der Waals surface area contributed by atoms with Crippen molar-refractivity contribution in [2.75, 3.05) is 11.9 Å². The van der Waals surface area contributed by atoms with Gasteiger partial charge in [-0.3, -0.25) is 14.4 Å². The van der Waals surface area contributed by atoms with E-state index in [-0.39, 0.29) is 28.7 Å². The third-order valence-electron chi connectivity index (χ3n) is 5.75. The zero-order valence-corrected chi connectivity index (χ0v) is 18.1. The normalized spacial score (nSPS) is 33.1. The first kappa shape index (κ1) is 19.2. The Morgan fingerprint density at radius 1 is 1.37 bits per heavy atom. The summed E-state index contributed by atoms with van der Waals surface area (Å²) in [5.74, 6) is -2.25. The molecule has 4 rings (SSSR count). The van der Waals surface area contributed by atoms with E-state index in [0.717, 1.165) is 10.9 Å². The Hall–Kier alpha value is -1.12. The fraction of sp³-hybridized carbons (Fsp3) is 0.500. The van der Waals surface area contributed by atoms with Crippen molar-refractivity contribution in [1.82, 2.24) is 0 Å². The molecule has 144 valence electrons. The highest BCUT2D eigenvalue weighted by atomic mass is 79.9. The number of rotatable bonds is 4. The molecule has 0 radical (unpaired) electrons. The van der Waals surface area contributed by atoms with Crippen LogP contribution in [-0.4, -0.2) is 35.4 Å². The van der Waals surface area contributed by atoms with Crippen molar-refractivity contribution < 1.29 is 23.9 Å². The van der Waals surface area contributed by atoms with Crippen LogP contribution in [0.5, 0.6) is 0 Å². The van der Waals surface area contributed by atoms with E-state index in [2.05, 4.69) is 37.2 Å². The number of hydrogen-bond acceptors (Lipinski definition) is 5. The van der Waals surface area contributed by atoms with Gasteiger partial charge in [0.25, 0.3) is 5.91 Å². The van der Waals surface area contributed by atoms with Crippen LogP contribution in [0.4, 0.5) is 5.69 Å². The van der Waals surface area contributed by atoms with Crippen LogP contribution >= 0.6 is 43.5 Å². The molecule has 3 fully saturated rings. The summed E-state index contributed by atoms with van der Waals surface area (Å²) in [4.78, 5) is 36.8. The van der Waals surface area contributed by atoms with Crippen LogP contribution in [0.2, 0.25) is 5.02 Å². The highest BCUT2D eigenvalue weighted by molar-refractivity contribution is 9.10. The predicted octanol–water partition coefficient (Wildman–Crippen LogP) is 3.46. The minimum Gasteiger partial charge on any atom is -0.461 e. The Labute approximate surface area is 177 Å². The summed E-state index contributed by atoms with van der Waals surface area (Å²) in [7, 11) is 0. The molecule has 2 saturated carbocycles. The van der Waals surface area contributed by atoms with Gasteiger partial charge in [-0.05, 0) is 52.9 Å². The van der Waals surface area contributed by atoms with Crippen LogP contribution in [0.3, 0.4) is 0 Å². The minimum atomic E-state index is -0.553. The number of ether oxygens (including phenoxy) is 2. The van der Waals surface area contributed by atoms with E-state index in [4.69, 9.17) is 21.1 Å². The summed E-state index contributed by atoms with van der Waals surface area (Å²) in [6, 6.07) is 3.44. The Kier molecular flexibility index (Phi) is 5.01.